The van der Waals surface area contributed by atoms with Crippen LogP contribution in [-0.2, 0) is 9.59 Å². The van der Waals surface area contributed by atoms with E-state index in [-0.39, 0.29) is 9.61 Å². The Morgan fingerprint density at radius 1 is 1.38 bits per heavy atom. The van der Waals surface area contributed by atoms with Crippen molar-refractivity contribution in [3.63, 3.8) is 0 Å². The van der Waals surface area contributed by atoms with E-state index in [4.69, 9.17) is 0 Å². The van der Waals surface area contributed by atoms with Crippen LogP contribution in [0.5, 0.6) is 0 Å². The first-order valence-corrected chi connectivity index (χ1v) is 5.32. The van der Waals surface area contributed by atoms with Gasteiger partial charge in [-0.05, 0) is 0 Å². The van der Waals surface area contributed by atoms with Gasteiger partial charge in [-0.2, -0.15) is 0 Å². The average Bonchev–Trinajstić information content (AvgIpc) is 1.77. The Kier molecular flexibility index (Phi) is 2.04. The van der Waals surface area contributed by atoms with Gasteiger partial charge in [0.2, 0.25) is 0 Å². The molecule has 1 rings (SSSR count). The summed E-state index contributed by atoms with van der Waals surface area (Å²) < 4.78 is 0.997. The van der Waals surface area contributed by atoms with Crippen LogP contribution < -0.4 is 0 Å². The summed E-state index contributed by atoms with van der Waals surface area (Å²) in [5.41, 5.74) is 0. The maximum absolute atomic E-state index is 10.5. The third-order valence-corrected chi connectivity index (χ3v) is 3.81. The summed E-state index contributed by atoms with van der Waals surface area (Å²) in [5, 5.41) is 0. The molecular formula is C5H6O2Te. The van der Waals surface area contributed by atoms with E-state index in [1.165, 1.54) is 0 Å². The van der Waals surface area contributed by atoms with Gasteiger partial charge in [0.05, 0.1) is 0 Å². The number of carbonyl (C=O) groups excluding carboxylic acids is 2. The second kappa shape index (κ2) is 2.61. The SMILES string of the molecule is O=C1CCC[Te]C1=O. The molecule has 0 aromatic heterocycles. The molecule has 8 heavy (non-hydrogen) atoms. The van der Waals surface area contributed by atoms with Crippen LogP contribution in [0.1, 0.15) is 12.8 Å². The molecule has 0 unspecified atom stereocenters. The fourth-order valence-electron chi connectivity index (χ4n) is 0.580. The van der Waals surface area contributed by atoms with Gasteiger partial charge in [0.1, 0.15) is 0 Å². The Hall–Kier alpha value is 0.130. The molecule has 1 fully saturated rings. The van der Waals surface area contributed by atoms with Crippen LogP contribution in [0.15, 0.2) is 0 Å². The fourth-order valence-corrected chi connectivity index (χ4v) is 2.68. The minimum atomic E-state index is -0.533. The monoisotopic (exact) mass is 228 g/mol. The average molecular weight is 226 g/mol. The van der Waals surface area contributed by atoms with Gasteiger partial charge in [-0.15, -0.1) is 0 Å². The van der Waals surface area contributed by atoms with Gasteiger partial charge in [0.25, 0.3) is 0 Å². The van der Waals surface area contributed by atoms with E-state index in [1.54, 1.807) is 0 Å². The van der Waals surface area contributed by atoms with Gasteiger partial charge in [0.15, 0.2) is 0 Å². The van der Waals surface area contributed by atoms with Crippen molar-refractivity contribution in [2.45, 2.75) is 17.3 Å². The van der Waals surface area contributed by atoms with Crippen LogP contribution >= 0.6 is 0 Å². The van der Waals surface area contributed by atoms with Gasteiger partial charge in [-0.1, -0.05) is 0 Å². The Bertz CT molecular complexity index is 114. The Balaban J connectivity index is 2.52. The molecule has 2 nitrogen and oxygen atoms in total. The summed E-state index contributed by atoms with van der Waals surface area (Å²) in [4.78, 5) is 21.0. The van der Waals surface area contributed by atoms with Crippen LogP contribution in [0.2, 0.25) is 4.47 Å². The first-order chi connectivity index (χ1) is 3.80. The normalized spacial score (nSPS) is 21.5. The van der Waals surface area contributed by atoms with Gasteiger partial charge in [-0.25, -0.2) is 0 Å². The molecule has 0 spiro atoms. The zero-order valence-corrected chi connectivity index (χ0v) is 6.68. The molecule has 0 amide bonds. The van der Waals surface area contributed by atoms with Crippen molar-refractivity contribution in [1.82, 2.24) is 0 Å². The van der Waals surface area contributed by atoms with Crippen molar-refractivity contribution in [2.75, 3.05) is 0 Å². The second-order valence-electron chi connectivity index (χ2n) is 1.66. The van der Waals surface area contributed by atoms with Crippen LogP contribution in [0.25, 0.3) is 0 Å². The Morgan fingerprint density at radius 2 is 2.12 bits per heavy atom. The van der Waals surface area contributed by atoms with Gasteiger partial charge >= 0.3 is 57.4 Å². The number of hydrogen-bond donors (Lipinski definition) is 0. The van der Waals surface area contributed by atoms with E-state index in [0.29, 0.717) is 6.42 Å². The maximum atomic E-state index is 10.5. The first kappa shape index (κ1) is 6.25. The van der Waals surface area contributed by atoms with Crippen LogP contribution in [0.4, 0.5) is 0 Å². The molecule has 0 N–H and O–H groups in total. The molecule has 0 saturated carbocycles. The van der Waals surface area contributed by atoms with Crippen LogP contribution in [0.3, 0.4) is 0 Å². The number of ketones is 1. The Labute approximate surface area is 57.7 Å². The van der Waals surface area contributed by atoms with Gasteiger partial charge in [-0.3, -0.25) is 0 Å². The Morgan fingerprint density at radius 3 is 2.50 bits per heavy atom. The topological polar surface area (TPSA) is 34.1 Å². The van der Waals surface area contributed by atoms with E-state index in [0.717, 1.165) is 10.9 Å². The van der Waals surface area contributed by atoms with Gasteiger partial charge in [0, 0.05) is 0 Å². The zero-order chi connectivity index (χ0) is 5.98. The van der Waals surface area contributed by atoms with E-state index in [2.05, 4.69) is 0 Å². The standard InChI is InChI=1S/C5H6O2Te/c6-4-2-1-3-8-5(4)7/h1-3H2. The summed E-state index contributed by atoms with van der Waals surface area (Å²) in [5.74, 6) is -0.112. The summed E-state index contributed by atoms with van der Waals surface area (Å²) in [7, 11) is 0. The number of carbonyl (C=O) groups is 2. The number of rotatable bonds is 0. The molecule has 1 aliphatic heterocycles. The van der Waals surface area contributed by atoms with Crippen molar-refractivity contribution in [3.05, 3.63) is 0 Å². The minimum absolute atomic E-state index is 0.0401. The van der Waals surface area contributed by atoms with E-state index < -0.39 is 20.9 Å². The molecule has 0 radical (unpaired) electrons. The third-order valence-electron chi connectivity index (χ3n) is 1.01. The molecule has 3 heteroatoms. The molecule has 0 bridgehead atoms. The van der Waals surface area contributed by atoms with Crippen LogP contribution in [-0.4, -0.2) is 30.5 Å². The second-order valence-corrected chi connectivity index (χ2v) is 4.71. The van der Waals surface area contributed by atoms with E-state index in [9.17, 15) is 9.59 Å². The molecule has 0 aliphatic carbocycles. The summed E-state index contributed by atoms with van der Waals surface area (Å²) in [6.45, 7) is 0. The molecule has 0 aromatic rings. The molecule has 1 aliphatic rings. The van der Waals surface area contributed by atoms with Crippen LogP contribution in [0, 0.1) is 0 Å². The predicted octanol–water partition coefficient (Wildman–Crippen LogP) is -0.00160. The summed E-state index contributed by atoms with van der Waals surface area (Å²) in [6, 6.07) is 0. The molecule has 44 valence electrons. The molecule has 0 aromatic carbocycles. The molecule has 1 heterocycles. The summed E-state index contributed by atoms with van der Waals surface area (Å²) in [6.07, 6.45) is 1.48. The number of hydrogen-bond acceptors (Lipinski definition) is 2. The van der Waals surface area contributed by atoms with Crippen molar-refractivity contribution in [2.24, 2.45) is 0 Å². The van der Waals surface area contributed by atoms with Crippen molar-refractivity contribution in [3.8, 4) is 0 Å². The quantitative estimate of drug-likeness (QED) is 0.430. The molecule has 0 atom stereocenters. The molecular weight excluding hydrogens is 220 g/mol. The molecule has 1 saturated heterocycles. The summed E-state index contributed by atoms with van der Waals surface area (Å²) >= 11 is -0.533. The third kappa shape index (κ3) is 1.30. The number of Topliss-reactive ketones (excluding diaryl/α,β-unsaturated/α-hetero) is 1. The predicted molar refractivity (Wildman–Crippen MR) is 29.8 cm³/mol. The van der Waals surface area contributed by atoms with Gasteiger partial charge < -0.3 is 0 Å². The van der Waals surface area contributed by atoms with Crippen molar-refractivity contribution >= 4 is 30.5 Å². The first-order valence-electron chi connectivity index (χ1n) is 2.50. The fraction of sp³-hybridized carbons (Fsp3) is 0.600. The zero-order valence-electron chi connectivity index (χ0n) is 4.35. The van der Waals surface area contributed by atoms with E-state index >= 15 is 0 Å². The van der Waals surface area contributed by atoms with Crippen molar-refractivity contribution < 1.29 is 9.59 Å². The van der Waals surface area contributed by atoms with E-state index in [1.807, 2.05) is 0 Å². The van der Waals surface area contributed by atoms with Crippen molar-refractivity contribution in [1.29, 1.82) is 0 Å².